The van der Waals surface area contributed by atoms with Crippen molar-refractivity contribution in [2.75, 3.05) is 0 Å². The molecule has 3 saturated carbocycles. The summed E-state index contributed by atoms with van der Waals surface area (Å²) in [5.74, 6) is 6.89. The molecular weight excluding hydrogens is 312 g/mol. The molecule has 0 bridgehead atoms. The standard InChI is InChI=1S/C26H48/c1-8-20-12-13-21-23(25(20,5)6)16-17-26(7)22(14-15-24(21)26)19(4)11-9-10-18(2)3/h18-24H,8-17H2,1-7H3. The van der Waals surface area contributed by atoms with E-state index in [2.05, 4.69) is 48.5 Å². The summed E-state index contributed by atoms with van der Waals surface area (Å²) < 4.78 is 0. The molecule has 0 saturated heterocycles. The first-order chi connectivity index (χ1) is 12.2. The van der Waals surface area contributed by atoms with Crippen LogP contribution in [0.3, 0.4) is 0 Å². The summed E-state index contributed by atoms with van der Waals surface area (Å²) in [5.41, 5.74) is 1.24. The fraction of sp³-hybridized carbons (Fsp3) is 1.00. The fourth-order valence-corrected chi connectivity index (χ4v) is 8.44. The van der Waals surface area contributed by atoms with Crippen LogP contribution in [0.5, 0.6) is 0 Å². The highest BCUT2D eigenvalue weighted by atomic mass is 14.6. The van der Waals surface area contributed by atoms with Gasteiger partial charge in [0.2, 0.25) is 0 Å². The molecule has 3 fully saturated rings. The van der Waals surface area contributed by atoms with Gasteiger partial charge in [0.15, 0.2) is 0 Å². The molecular formula is C26H48. The van der Waals surface area contributed by atoms with Gasteiger partial charge in [0, 0.05) is 0 Å². The van der Waals surface area contributed by atoms with Gasteiger partial charge in [0.05, 0.1) is 0 Å². The normalized spacial score (nSPS) is 43.2. The van der Waals surface area contributed by atoms with Crippen molar-refractivity contribution < 1.29 is 0 Å². The number of hydrogen-bond acceptors (Lipinski definition) is 0. The summed E-state index contributed by atoms with van der Waals surface area (Å²) in [6.07, 6.45) is 14.9. The maximum Gasteiger partial charge on any atom is -0.0264 e. The molecule has 7 unspecified atom stereocenters. The molecule has 3 aliphatic carbocycles. The van der Waals surface area contributed by atoms with E-state index in [1.165, 1.54) is 51.4 Å². The van der Waals surface area contributed by atoms with Crippen LogP contribution in [0.15, 0.2) is 0 Å². The molecule has 3 aliphatic rings. The van der Waals surface area contributed by atoms with Crippen LogP contribution >= 0.6 is 0 Å². The fourth-order valence-electron chi connectivity index (χ4n) is 8.44. The van der Waals surface area contributed by atoms with Gasteiger partial charge in [-0.25, -0.2) is 0 Å². The van der Waals surface area contributed by atoms with E-state index in [4.69, 9.17) is 0 Å². The third kappa shape index (κ3) is 3.53. The summed E-state index contributed by atoms with van der Waals surface area (Å²) in [5, 5.41) is 0. The zero-order valence-corrected chi connectivity index (χ0v) is 19.1. The van der Waals surface area contributed by atoms with Crippen LogP contribution in [0.4, 0.5) is 0 Å². The van der Waals surface area contributed by atoms with E-state index >= 15 is 0 Å². The number of fused-ring (bicyclic) bond motifs is 3. The third-order valence-electron chi connectivity index (χ3n) is 9.99. The summed E-state index contributed by atoms with van der Waals surface area (Å²) in [6.45, 7) is 17.8. The Labute approximate surface area is 165 Å². The molecule has 26 heavy (non-hydrogen) atoms. The quantitative estimate of drug-likeness (QED) is 0.446. The minimum Gasteiger partial charge on any atom is -0.0651 e. The van der Waals surface area contributed by atoms with Crippen molar-refractivity contribution in [3.63, 3.8) is 0 Å². The van der Waals surface area contributed by atoms with Gasteiger partial charge in [-0.2, -0.15) is 0 Å². The van der Waals surface area contributed by atoms with Crippen molar-refractivity contribution >= 4 is 0 Å². The molecule has 0 aromatic carbocycles. The summed E-state index contributed by atoms with van der Waals surface area (Å²) in [6, 6.07) is 0. The first-order valence-electron chi connectivity index (χ1n) is 12.2. The average Bonchev–Trinajstić information content (AvgIpc) is 2.91. The molecule has 0 radical (unpaired) electrons. The molecule has 0 nitrogen and oxygen atoms in total. The minimum atomic E-state index is 0.583. The van der Waals surface area contributed by atoms with Crippen LogP contribution in [-0.2, 0) is 0 Å². The molecule has 0 spiro atoms. The number of hydrogen-bond donors (Lipinski definition) is 0. The van der Waals surface area contributed by atoms with E-state index in [9.17, 15) is 0 Å². The first-order valence-corrected chi connectivity index (χ1v) is 12.2. The summed E-state index contributed by atoms with van der Waals surface area (Å²) in [4.78, 5) is 0. The molecule has 3 rings (SSSR count). The Morgan fingerprint density at radius 3 is 2.23 bits per heavy atom. The predicted molar refractivity (Wildman–Crippen MR) is 115 cm³/mol. The second-order valence-electron chi connectivity index (χ2n) is 11.9. The topological polar surface area (TPSA) is 0 Å². The second kappa shape index (κ2) is 7.79. The highest BCUT2D eigenvalue weighted by Crippen LogP contribution is 2.66. The van der Waals surface area contributed by atoms with E-state index in [0.29, 0.717) is 10.8 Å². The van der Waals surface area contributed by atoms with Gasteiger partial charge in [-0.1, -0.05) is 74.1 Å². The van der Waals surface area contributed by atoms with Crippen LogP contribution in [-0.4, -0.2) is 0 Å². The Hall–Kier alpha value is 0. The van der Waals surface area contributed by atoms with Gasteiger partial charge in [-0.3, -0.25) is 0 Å². The van der Waals surface area contributed by atoms with Crippen molar-refractivity contribution in [3.05, 3.63) is 0 Å². The SMILES string of the molecule is CCC1CCC2C(CCC3(C)C(C(C)CCCC(C)C)CCC23)C1(C)C. The molecule has 0 aromatic rings. The van der Waals surface area contributed by atoms with Crippen molar-refractivity contribution in [1.29, 1.82) is 0 Å². The Balaban J connectivity index is 1.70. The lowest BCUT2D eigenvalue weighted by atomic mass is 9.47. The molecule has 0 aliphatic heterocycles. The van der Waals surface area contributed by atoms with Gasteiger partial charge < -0.3 is 0 Å². The van der Waals surface area contributed by atoms with E-state index < -0.39 is 0 Å². The minimum absolute atomic E-state index is 0.583. The molecule has 0 N–H and O–H groups in total. The maximum atomic E-state index is 2.73. The molecule has 0 heterocycles. The lowest BCUT2D eigenvalue weighted by molar-refractivity contribution is -0.0934. The first kappa shape index (κ1) is 20.7. The predicted octanol–water partition coefficient (Wildman–Crippen LogP) is 8.35. The third-order valence-corrected chi connectivity index (χ3v) is 9.99. The smallest absolute Gasteiger partial charge is 0.0264 e. The van der Waals surface area contributed by atoms with Crippen LogP contribution in [0.1, 0.15) is 113 Å². The summed E-state index contributed by atoms with van der Waals surface area (Å²) in [7, 11) is 0. The zero-order valence-electron chi connectivity index (χ0n) is 19.1. The summed E-state index contributed by atoms with van der Waals surface area (Å²) >= 11 is 0. The van der Waals surface area contributed by atoms with E-state index in [-0.39, 0.29) is 0 Å². The highest BCUT2D eigenvalue weighted by Gasteiger charge is 2.58. The van der Waals surface area contributed by atoms with E-state index in [1.54, 1.807) is 12.8 Å². The van der Waals surface area contributed by atoms with Crippen LogP contribution < -0.4 is 0 Å². The van der Waals surface area contributed by atoms with Crippen molar-refractivity contribution in [2.24, 2.45) is 52.3 Å². The molecule has 0 amide bonds. The Bertz CT molecular complexity index is 461. The second-order valence-corrected chi connectivity index (χ2v) is 11.9. The van der Waals surface area contributed by atoms with Crippen molar-refractivity contribution in [2.45, 2.75) is 113 Å². The van der Waals surface area contributed by atoms with Crippen LogP contribution in [0.25, 0.3) is 0 Å². The lowest BCUT2D eigenvalue weighted by Crippen LogP contribution is -2.51. The van der Waals surface area contributed by atoms with Crippen LogP contribution in [0, 0.1) is 52.3 Å². The molecule has 152 valence electrons. The van der Waals surface area contributed by atoms with Gasteiger partial charge in [0.1, 0.15) is 0 Å². The van der Waals surface area contributed by atoms with Gasteiger partial charge >= 0.3 is 0 Å². The van der Waals surface area contributed by atoms with Crippen LogP contribution in [0.2, 0.25) is 0 Å². The lowest BCUT2D eigenvalue weighted by Gasteiger charge is -2.58. The zero-order chi connectivity index (χ0) is 19.1. The van der Waals surface area contributed by atoms with Crippen molar-refractivity contribution in [1.82, 2.24) is 0 Å². The van der Waals surface area contributed by atoms with Gasteiger partial charge in [0.25, 0.3) is 0 Å². The molecule has 7 atom stereocenters. The molecule has 0 heteroatoms. The Morgan fingerprint density at radius 2 is 1.58 bits per heavy atom. The maximum absolute atomic E-state index is 2.73. The van der Waals surface area contributed by atoms with E-state index in [1.807, 2.05) is 0 Å². The average molecular weight is 361 g/mol. The molecule has 0 aromatic heterocycles. The highest BCUT2D eigenvalue weighted by molar-refractivity contribution is 5.07. The Kier molecular flexibility index (Phi) is 6.21. The monoisotopic (exact) mass is 360 g/mol. The van der Waals surface area contributed by atoms with E-state index in [0.717, 1.165) is 41.4 Å². The Morgan fingerprint density at radius 1 is 0.846 bits per heavy atom. The van der Waals surface area contributed by atoms with Crippen molar-refractivity contribution in [3.8, 4) is 0 Å². The van der Waals surface area contributed by atoms with Gasteiger partial charge in [-0.05, 0) is 90.8 Å². The number of rotatable bonds is 6. The largest absolute Gasteiger partial charge is 0.0651 e. The van der Waals surface area contributed by atoms with Gasteiger partial charge in [-0.15, -0.1) is 0 Å².